The zero-order valence-electron chi connectivity index (χ0n) is 15.7. The molecule has 1 N–H and O–H groups in total. The average Bonchev–Trinajstić information content (AvgIpc) is 3.38. The number of nitrogens with one attached hydrogen (secondary N) is 1. The van der Waals surface area contributed by atoms with E-state index in [9.17, 15) is 4.79 Å². The number of aromatic nitrogens is 5. The lowest BCUT2D eigenvalue weighted by Crippen LogP contribution is -2.40. The quantitative estimate of drug-likeness (QED) is 0.770. The highest BCUT2D eigenvalue weighted by Crippen LogP contribution is 2.28. The summed E-state index contributed by atoms with van der Waals surface area (Å²) in [7, 11) is 0. The van der Waals surface area contributed by atoms with Crippen molar-refractivity contribution in [2.75, 3.05) is 13.1 Å². The highest BCUT2D eigenvalue weighted by Gasteiger charge is 2.29. The summed E-state index contributed by atoms with van der Waals surface area (Å²) in [5.41, 5.74) is 2.22. The van der Waals surface area contributed by atoms with Crippen LogP contribution in [-0.2, 0) is 0 Å². The summed E-state index contributed by atoms with van der Waals surface area (Å²) >= 11 is 0. The summed E-state index contributed by atoms with van der Waals surface area (Å²) in [6.45, 7) is 5.76. The maximum absolute atomic E-state index is 13.0. The maximum Gasteiger partial charge on any atom is 0.271 e. The average molecular weight is 364 g/mol. The molecule has 4 heterocycles. The molecule has 4 rings (SSSR count). The van der Waals surface area contributed by atoms with Crippen molar-refractivity contribution < 1.29 is 4.79 Å². The van der Waals surface area contributed by atoms with E-state index in [1.807, 2.05) is 35.5 Å². The number of nitrogens with zero attached hydrogens (tertiary/aromatic N) is 5. The lowest BCUT2D eigenvalue weighted by molar-refractivity contribution is 0.0697. The molecule has 7 heteroatoms. The molecule has 0 aromatic carbocycles. The van der Waals surface area contributed by atoms with Crippen molar-refractivity contribution >= 4 is 5.91 Å². The topological polar surface area (TPSA) is 79.7 Å². The maximum atomic E-state index is 13.0. The number of imidazole rings is 1. The lowest BCUT2D eigenvalue weighted by atomic mass is 9.96. The van der Waals surface area contributed by atoms with Gasteiger partial charge in [0.05, 0.1) is 5.69 Å². The van der Waals surface area contributed by atoms with Crippen LogP contribution >= 0.6 is 0 Å². The molecule has 0 spiro atoms. The van der Waals surface area contributed by atoms with E-state index < -0.39 is 0 Å². The van der Waals surface area contributed by atoms with Gasteiger partial charge in [-0.25, -0.2) is 4.98 Å². The number of likely N-dealkylation sites (tertiary alicyclic amines) is 1. The molecule has 1 aliphatic heterocycles. The zero-order valence-corrected chi connectivity index (χ0v) is 15.7. The molecule has 0 saturated carbocycles. The van der Waals surface area contributed by atoms with E-state index in [1.54, 1.807) is 12.4 Å². The molecular weight excluding hydrogens is 340 g/mol. The van der Waals surface area contributed by atoms with Crippen molar-refractivity contribution in [3.05, 3.63) is 54.5 Å². The Hall–Kier alpha value is -2.96. The van der Waals surface area contributed by atoms with Crippen LogP contribution < -0.4 is 0 Å². The second kappa shape index (κ2) is 7.34. The molecule has 0 aliphatic carbocycles. The number of pyridine rings is 1. The van der Waals surface area contributed by atoms with E-state index in [2.05, 4.69) is 38.6 Å². The van der Waals surface area contributed by atoms with E-state index in [4.69, 9.17) is 0 Å². The highest BCUT2D eigenvalue weighted by molar-refractivity contribution is 5.93. The van der Waals surface area contributed by atoms with Gasteiger partial charge in [0, 0.05) is 55.4 Å². The van der Waals surface area contributed by atoms with E-state index in [0.29, 0.717) is 18.3 Å². The Balaban J connectivity index is 1.51. The van der Waals surface area contributed by atoms with Gasteiger partial charge in [-0.1, -0.05) is 0 Å². The van der Waals surface area contributed by atoms with E-state index >= 15 is 0 Å². The van der Waals surface area contributed by atoms with E-state index in [1.165, 1.54) is 0 Å². The Morgan fingerprint density at radius 2 is 2.07 bits per heavy atom. The molecule has 3 aromatic rings. The number of hydrogen-bond donors (Lipinski definition) is 1. The van der Waals surface area contributed by atoms with Crippen LogP contribution in [0.15, 0.2) is 43.0 Å². The molecule has 140 valence electrons. The molecule has 1 aliphatic rings. The van der Waals surface area contributed by atoms with Crippen LogP contribution in [0.3, 0.4) is 0 Å². The first kappa shape index (κ1) is 17.5. The highest BCUT2D eigenvalue weighted by atomic mass is 16.2. The van der Waals surface area contributed by atoms with Gasteiger partial charge in [0.1, 0.15) is 11.5 Å². The van der Waals surface area contributed by atoms with E-state index in [0.717, 1.165) is 36.5 Å². The van der Waals surface area contributed by atoms with Crippen molar-refractivity contribution in [3.63, 3.8) is 0 Å². The molecule has 1 atom stereocenters. The van der Waals surface area contributed by atoms with Gasteiger partial charge in [0.15, 0.2) is 0 Å². The van der Waals surface area contributed by atoms with Crippen LogP contribution in [0.5, 0.6) is 0 Å². The number of aromatic amines is 1. The summed E-state index contributed by atoms with van der Waals surface area (Å²) < 4.78 is 2.20. The minimum absolute atomic E-state index is 0.00448. The predicted octanol–water partition coefficient (Wildman–Crippen LogP) is 3.27. The minimum Gasteiger partial charge on any atom is -0.337 e. The summed E-state index contributed by atoms with van der Waals surface area (Å²) in [5.74, 6) is 1.34. The van der Waals surface area contributed by atoms with Gasteiger partial charge < -0.3 is 9.47 Å². The van der Waals surface area contributed by atoms with Gasteiger partial charge in [-0.05, 0) is 44.9 Å². The summed E-state index contributed by atoms with van der Waals surface area (Å²) in [5, 5.41) is 7.19. The fourth-order valence-corrected chi connectivity index (χ4v) is 3.72. The molecule has 1 saturated heterocycles. The first-order valence-corrected chi connectivity index (χ1v) is 9.41. The summed E-state index contributed by atoms with van der Waals surface area (Å²) in [6.07, 6.45) is 9.35. The van der Waals surface area contributed by atoms with Gasteiger partial charge >= 0.3 is 0 Å². The largest absolute Gasteiger partial charge is 0.337 e. The fraction of sp³-hybridized carbons (Fsp3) is 0.400. The summed E-state index contributed by atoms with van der Waals surface area (Å²) in [6, 6.07) is 5.94. The number of hydrogen-bond acceptors (Lipinski definition) is 4. The van der Waals surface area contributed by atoms with Crippen LogP contribution in [0.25, 0.3) is 11.3 Å². The molecule has 1 fully saturated rings. The van der Waals surface area contributed by atoms with Crippen LogP contribution in [-0.4, -0.2) is 48.6 Å². The van der Waals surface area contributed by atoms with Crippen molar-refractivity contribution in [3.8, 4) is 11.3 Å². The Morgan fingerprint density at radius 3 is 2.85 bits per heavy atom. The van der Waals surface area contributed by atoms with Crippen LogP contribution in [0, 0.1) is 0 Å². The molecular formula is C20H24N6O. The zero-order chi connectivity index (χ0) is 18.8. The van der Waals surface area contributed by atoms with Crippen molar-refractivity contribution in [1.29, 1.82) is 0 Å². The number of carbonyl (C=O) groups is 1. The number of amides is 1. The third-order valence-electron chi connectivity index (χ3n) is 5.11. The van der Waals surface area contributed by atoms with Gasteiger partial charge in [0.25, 0.3) is 5.91 Å². The van der Waals surface area contributed by atoms with Crippen molar-refractivity contribution in [2.45, 2.75) is 38.6 Å². The molecule has 7 nitrogen and oxygen atoms in total. The SMILES string of the molecule is CC(C)n1ccnc1[C@@H]1CCCN(C(=O)c2cc(-c3ccncc3)n[nH]2)C1. The first-order chi connectivity index (χ1) is 13.1. The fourth-order valence-electron chi connectivity index (χ4n) is 3.72. The molecule has 0 bridgehead atoms. The Morgan fingerprint density at radius 1 is 1.26 bits per heavy atom. The number of H-pyrrole nitrogens is 1. The second-order valence-electron chi connectivity index (χ2n) is 7.28. The van der Waals surface area contributed by atoms with Crippen molar-refractivity contribution in [2.24, 2.45) is 0 Å². The van der Waals surface area contributed by atoms with Crippen molar-refractivity contribution in [1.82, 2.24) is 29.6 Å². The van der Waals surface area contributed by atoms with Crippen LogP contribution in [0.4, 0.5) is 0 Å². The van der Waals surface area contributed by atoms with Gasteiger partial charge in [-0.3, -0.25) is 14.9 Å². The smallest absolute Gasteiger partial charge is 0.271 e. The van der Waals surface area contributed by atoms with Crippen LogP contribution in [0.2, 0.25) is 0 Å². The second-order valence-corrected chi connectivity index (χ2v) is 7.28. The third-order valence-corrected chi connectivity index (χ3v) is 5.11. The molecule has 0 radical (unpaired) electrons. The monoisotopic (exact) mass is 364 g/mol. The Kier molecular flexibility index (Phi) is 4.75. The number of rotatable bonds is 4. The number of piperidine rings is 1. The first-order valence-electron chi connectivity index (χ1n) is 9.41. The molecule has 3 aromatic heterocycles. The standard InChI is InChI=1S/C20H24N6O/c1-14(2)26-11-9-22-19(26)16-4-3-10-25(13-16)20(27)18-12-17(23-24-18)15-5-7-21-8-6-15/h5-9,11-12,14,16H,3-4,10,13H2,1-2H3,(H,23,24)/t16-/m1/s1. The van der Waals surface area contributed by atoms with Gasteiger partial charge in [-0.2, -0.15) is 5.10 Å². The Labute approximate surface area is 158 Å². The Bertz CT molecular complexity index is 913. The lowest BCUT2D eigenvalue weighted by Gasteiger charge is -2.32. The third kappa shape index (κ3) is 3.49. The minimum atomic E-state index is -0.00448. The summed E-state index contributed by atoms with van der Waals surface area (Å²) in [4.78, 5) is 23.5. The van der Waals surface area contributed by atoms with Gasteiger partial charge in [0.2, 0.25) is 0 Å². The van der Waals surface area contributed by atoms with Gasteiger partial charge in [-0.15, -0.1) is 0 Å². The molecule has 0 unspecified atom stereocenters. The normalized spacial score (nSPS) is 17.4. The van der Waals surface area contributed by atoms with Crippen LogP contribution in [0.1, 0.15) is 55.0 Å². The molecule has 27 heavy (non-hydrogen) atoms. The molecule has 1 amide bonds. The van der Waals surface area contributed by atoms with E-state index in [-0.39, 0.29) is 11.8 Å². The predicted molar refractivity (Wildman–Crippen MR) is 102 cm³/mol. The number of carbonyl (C=O) groups excluding carboxylic acids is 1.